The van der Waals surface area contributed by atoms with Crippen LogP contribution in [0.5, 0.6) is 0 Å². The summed E-state index contributed by atoms with van der Waals surface area (Å²) in [6.07, 6.45) is 0. The van der Waals surface area contributed by atoms with Gasteiger partial charge in [-0.25, -0.2) is 0 Å². The molecule has 0 aliphatic carbocycles. The van der Waals surface area contributed by atoms with E-state index in [0.717, 1.165) is 0 Å². The molecular weight excluding hydrogens is 386 g/mol. The SMILES string of the molecule is O=C(O)CN(CCN(CC(=O)O)CC(=O)O)CCN(CC(=O)O)c1ccccc1. The van der Waals surface area contributed by atoms with Crippen LogP contribution in [0, 0.1) is 0 Å². The molecule has 0 atom stereocenters. The van der Waals surface area contributed by atoms with Gasteiger partial charge in [0.05, 0.1) is 19.6 Å². The van der Waals surface area contributed by atoms with Gasteiger partial charge in [-0.15, -0.1) is 0 Å². The number of anilines is 1. The molecule has 0 saturated heterocycles. The van der Waals surface area contributed by atoms with E-state index in [1.807, 2.05) is 0 Å². The van der Waals surface area contributed by atoms with Crippen LogP contribution in [0.15, 0.2) is 30.3 Å². The minimum atomic E-state index is -1.19. The molecule has 0 amide bonds. The van der Waals surface area contributed by atoms with Gasteiger partial charge in [-0.3, -0.25) is 29.0 Å². The number of aliphatic carboxylic acids is 4. The minimum absolute atomic E-state index is 0.0378. The average molecular weight is 411 g/mol. The largest absolute Gasteiger partial charge is 0.480 e. The third kappa shape index (κ3) is 10.7. The second-order valence-corrected chi connectivity index (χ2v) is 6.32. The van der Waals surface area contributed by atoms with E-state index >= 15 is 0 Å². The Morgan fingerprint density at radius 3 is 1.48 bits per heavy atom. The Bertz CT molecular complexity index is 682. The lowest BCUT2D eigenvalue weighted by Crippen LogP contribution is -2.44. The fourth-order valence-corrected chi connectivity index (χ4v) is 2.70. The van der Waals surface area contributed by atoms with Crippen molar-refractivity contribution in [2.24, 2.45) is 0 Å². The smallest absolute Gasteiger partial charge is 0.323 e. The van der Waals surface area contributed by atoms with Crippen LogP contribution in [-0.2, 0) is 19.2 Å². The van der Waals surface area contributed by atoms with Gasteiger partial charge in [-0.2, -0.15) is 0 Å². The molecule has 160 valence electrons. The van der Waals surface area contributed by atoms with Crippen molar-refractivity contribution in [3.8, 4) is 0 Å². The van der Waals surface area contributed by atoms with Crippen LogP contribution in [-0.4, -0.2) is 106 Å². The zero-order valence-electron chi connectivity index (χ0n) is 15.8. The third-order valence-electron chi connectivity index (χ3n) is 3.94. The lowest BCUT2D eigenvalue weighted by molar-refractivity contribution is -0.143. The van der Waals surface area contributed by atoms with Gasteiger partial charge >= 0.3 is 23.9 Å². The molecule has 0 unspecified atom stereocenters. The van der Waals surface area contributed by atoms with Gasteiger partial charge in [0.1, 0.15) is 6.54 Å². The van der Waals surface area contributed by atoms with Crippen molar-refractivity contribution >= 4 is 29.6 Å². The number of benzene rings is 1. The van der Waals surface area contributed by atoms with E-state index in [1.165, 1.54) is 9.80 Å². The van der Waals surface area contributed by atoms with Gasteiger partial charge in [0.25, 0.3) is 0 Å². The van der Waals surface area contributed by atoms with Crippen molar-refractivity contribution in [3.63, 3.8) is 0 Å². The molecule has 0 bridgehead atoms. The monoisotopic (exact) mass is 411 g/mol. The molecule has 0 heterocycles. The number of nitrogens with zero attached hydrogens (tertiary/aromatic N) is 3. The van der Waals surface area contributed by atoms with Gasteiger partial charge in [0, 0.05) is 31.9 Å². The maximum absolute atomic E-state index is 11.2. The van der Waals surface area contributed by atoms with E-state index in [1.54, 1.807) is 35.2 Å². The highest BCUT2D eigenvalue weighted by Crippen LogP contribution is 2.12. The summed E-state index contributed by atoms with van der Waals surface area (Å²) in [7, 11) is 0. The molecule has 0 radical (unpaired) electrons. The minimum Gasteiger partial charge on any atom is -0.480 e. The van der Waals surface area contributed by atoms with Crippen LogP contribution in [0.1, 0.15) is 0 Å². The van der Waals surface area contributed by atoms with Crippen LogP contribution in [0.2, 0.25) is 0 Å². The number of carboxylic acid groups (broad SMARTS) is 4. The first-order valence-electron chi connectivity index (χ1n) is 8.79. The predicted octanol–water partition coefficient (Wildman–Crippen LogP) is -0.565. The number of hydrogen-bond donors (Lipinski definition) is 4. The Kier molecular flexibility index (Phi) is 10.1. The molecule has 11 nitrogen and oxygen atoms in total. The summed E-state index contributed by atoms with van der Waals surface area (Å²) < 4.78 is 0. The highest BCUT2D eigenvalue weighted by atomic mass is 16.4. The van der Waals surface area contributed by atoms with Crippen molar-refractivity contribution in [3.05, 3.63) is 30.3 Å². The topological polar surface area (TPSA) is 159 Å². The van der Waals surface area contributed by atoms with E-state index in [9.17, 15) is 19.2 Å². The van der Waals surface area contributed by atoms with E-state index < -0.39 is 37.0 Å². The van der Waals surface area contributed by atoms with Crippen LogP contribution >= 0.6 is 0 Å². The third-order valence-corrected chi connectivity index (χ3v) is 3.94. The van der Waals surface area contributed by atoms with Crippen molar-refractivity contribution in [1.29, 1.82) is 0 Å². The molecule has 0 spiro atoms. The highest BCUT2D eigenvalue weighted by Gasteiger charge is 2.18. The number of hydrogen-bond acceptors (Lipinski definition) is 7. The Morgan fingerprint density at radius 1 is 0.586 bits per heavy atom. The molecule has 0 aromatic heterocycles. The Hall–Kier alpha value is -3.18. The summed E-state index contributed by atoms with van der Waals surface area (Å²) in [6, 6.07) is 8.79. The summed E-state index contributed by atoms with van der Waals surface area (Å²) in [5.74, 6) is -4.51. The zero-order valence-corrected chi connectivity index (χ0v) is 15.8. The molecule has 4 N–H and O–H groups in total. The first-order valence-corrected chi connectivity index (χ1v) is 8.79. The van der Waals surface area contributed by atoms with Crippen LogP contribution in [0.3, 0.4) is 0 Å². The number of para-hydroxylation sites is 1. The predicted molar refractivity (Wildman–Crippen MR) is 102 cm³/mol. The second kappa shape index (κ2) is 12.3. The number of rotatable bonds is 15. The normalized spacial score (nSPS) is 10.8. The van der Waals surface area contributed by atoms with Gasteiger partial charge in [-0.05, 0) is 12.1 Å². The molecule has 11 heteroatoms. The van der Waals surface area contributed by atoms with Crippen LogP contribution in [0.25, 0.3) is 0 Å². The summed E-state index contributed by atoms with van der Waals surface area (Å²) >= 11 is 0. The maximum atomic E-state index is 11.2. The fourth-order valence-electron chi connectivity index (χ4n) is 2.70. The highest BCUT2D eigenvalue weighted by molar-refractivity contribution is 5.74. The summed E-state index contributed by atoms with van der Waals surface area (Å²) in [5, 5.41) is 36.0. The van der Waals surface area contributed by atoms with Crippen molar-refractivity contribution in [1.82, 2.24) is 9.80 Å². The molecule has 1 aromatic rings. The van der Waals surface area contributed by atoms with Crippen LogP contribution in [0.4, 0.5) is 5.69 Å². The fraction of sp³-hybridized carbons (Fsp3) is 0.444. The summed E-state index contributed by atoms with van der Waals surface area (Å²) in [5.41, 5.74) is 0.670. The first kappa shape index (κ1) is 23.9. The first-order chi connectivity index (χ1) is 13.7. The quantitative estimate of drug-likeness (QED) is 0.293. The Labute approximate surface area is 167 Å². The number of carbonyl (C=O) groups is 4. The Morgan fingerprint density at radius 2 is 1.00 bits per heavy atom. The van der Waals surface area contributed by atoms with Gasteiger partial charge in [-0.1, -0.05) is 18.2 Å². The molecule has 0 aliphatic rings. The zero-order chi connectivity index (χ0) is 21.8. The van der Waals surface area contributed by atoms with Gasteiger partial charge in [0.2, 0.25) is 0 Å². The maximum Gasteiger partial charge on any atom is 0.323 e. The molecule has 0 aliphatic heterocycles. The van der Waals surface area contributed by atoms with E-state index in [0.29, 0.717) is 5.69 Å². The van der Waals surface area contributed by atoms with Crippen LogP contribution < -0.4 is 4.90 Å². The van der Waals surface area contributed by atoms with Crippen molar-refractivity contribution < 1.29 is 39.6 Å². The second-order valence-electron chi connectivity index (χ2n) is 6.32. The van der Waals surface area contributed by atoms with Gasteiger partial charge in [0.15, 0.2) is 0 Å². The van der Waals surface area contributed by atoms with Gasteiger partial charge < -0.3 is 25.3 Å². The molecule has 1 aromatic carbocycles. The lowest BCUT2D eigenvalue weighted by Gasteiger charge is -2.28. The summed E-state index contributed by atoms with van der Waals surface area (Å²) in [4.78, 5) is 48.4. The molecule has 0 saturated carbocycles. The summed E-state index contributed by atoms with van der Waals surface area (Å²) in [6.45, 7) is -1.01. The Balaban J connectivity index is 2.77. The number of carboxylic acids is 4. The average Bonchev–Trinajstić information content (AvgIpc) is 2.61. The van der Waals surface area contributed by atoms with Crippen molar-refractivity contribution in [2.45, 2.75) is 0 Å². The van der Waals surface area contributed by atoms with E-state index in [4.69, 9.17) is 20.4 Å². The van der Waals surface area contributed by atoms with E-state index in [-0.39, 0.29) is 39.3 Å². The van der Waals surface area contributed by atoms with E-state index in [2.05, 4.69) is 0 Å². The lowest BCUT2D eigenvalue weighted by atomic mass is 10.2. The standard InChI is InChI=1S/C18H25N3O8/c22-15(23)10-19(6-7-20(11-16(24)25)12-17(26)27)8-9-21(13-18(28)29)14-4-2-1-3-5-14/h1-5H,6-13H2,(H,22,23)(H,24,25)(H,26,27)(H,28,29). The van der Waals surface area contributed by atoms with Crippen molar-refractivity contribution in [2.75, 3.05) is 57.3 Å². The molecule has 29 heavy (non-hydrogen) atoms. The molecular formula is C18H25N3O8. The molecule has 0 fully saturated rings. The molecule has 1 rings (SSSR count).